The van der Waals surface area contributed by atoms with Crippen molar-refractivity contribution in [1.82, 2.24) is 35.1 Å². The third-order valence-electron chi connectivity index (χ3n) is 5.42. The number of hydrogen-bond acceptors (Lipinski definition) is 6. The third kappa shape index (κ3) is 6.59. The van der Waals surface area contributed by atoms with Gasteiger partial charge in [0.2, 0.25) is 0 Å². The number of aliphatic imine (C=N–C) groups is 1. The second-order valence-corrected chi connectivity index (χ2v) is 8.76. The number of aryl methyl sites for hydroxylation is 1. The number of rotatable bonds is 7. The summed E-state index contributed by atoms with van der Waals surface area (Å²) in [5.41, 5.74) is 2.05. The summed E-state index contributed by atoms with van der Waals surface area (Å²) in [5, 5.41) is 18.7. The predicted molar refractivity (Wildman–Crippen MR) is 136 cm³/mol. The summed E-state index contributed by atoms with van der Waals surface area (Å²) in [6.07, 6.45) is 4.37. The summed E-state index contributed by atoms with van der Waals surface area (Å²) in [5.74, 6) is 2.34. The first-order valence-electron chi connectivity index (χ1n) is 10.7. The molecule has 8 nitrogen and oxygen atoms in total. The predicted octanol–water partition coefficient (Wildman–Crippen LogP) is 3.08. The second-order valence-electron chi connectivity index (χ2n) is 7.70. The van der Waals surface area contributed by atoms with Gasteiger partial charge in [-0.2, -0.15) is 0 Å². The van der Waals surface area contributed by atoms with Crippen LogP contribution in [0.3, 0.4) is 0 Å². The lowest BCUT2D eigenvalue weighted by molar-refractivity contribution is 0.176. The van der Waals surface area contributed by atoms with Crippen molar-refractivity contribution in [1.29, 1.82) is 0 Å². The molecule has 0 atom stereocenters. The van der Waals surface area contributed by atoms with Gasteiger partial charge in [0, 0.05) is 31.2 Å². The van der Waals surface area contributed by atoms with Gasteiger partial charge in [0.15, 0.2) is 17.4 Å². The van der Waals surface area contributed by atoms with Gasteiger partial charge in [0.25, 0.3) is 0 Å². The van der Waals surface area contributed by atoms with Crippen LogP contribution in [0.5, 0.6) is 0 Å². The number of hydrogen-bond donors (Lipinski definition) is 2. The van der Waals surface area contributed by atoms with Crippen LogP contribution < -0.4 is 10.6 Å². The Kier molecular flexibility index (Phi) is 9.02. The molecule has 1 saturated heterocycles. The Hall–Kier alpha value is -1.79. The second kappa shape index (κ2) is 11.7. The molecule has 0 spiro atoms. The van der Waals surface area contributed by atoms with E-state index in [1.807, 2.05) is 28.8 Å². The number of aromatic nitrogens is 4. The average Bonchev–Trinajstić information content (AvgIpc) is 3.37. The normalized spacial score (nSPS) is 15.7. The van der Waals surface area contributed by atoms with E-state index in [1.165, 1.54) is 18.5 Å². The molecule has 0 bridgehead atoms. The molecule has 10 heteroatoms. The summed E-state index contributed by atoms with van der Waals surface area (Å²) in [6, 6.07) is 5.90. The smallest absolute Gasteiger partial charge is 0.191 e. The third-order valence-corrected chi connectivity index (χ3v) is 6.25. The van der Waals surface area contributed by atoms with Crippen LogP contribution in [-0.4, -0.2) is 56.6 Å². The maximum Gasteiger partial charge on any atom is 0.191 e. The van der Waals surface area contributed by atoms with E-state index in [-0.39, 0.29) is 24.0 Å². The zero-order valence-corrected chi connectivity index (χ0v) is 21.3. The van der Waals surface area contributed by atoms with Gasteiger partial charge in [0.1, 0.15) is 6.54 Å². The van der Waals surface area contributed by atoms with Crippen molar-refractivity contribution in [3.63, 3.8) is 0 Å². The van der Waals surface area contributed by atoms with Gasteiger partial charge in [-0.3, -0.25) is 9.30 Å². The quantitative estimate of drug-likeness (QED) is 0.266. The highest BCUT2D eigenvalue weighted by molar-refractivity contribution is 14.0. The molecule has 2 N–H and O–H groups in total. The molecule has 0 amide bonds. The van der Waals surface area contributed by atoms with Crippen LogP contribution >= 0.6 is 35.3 Å². The molecule has 168 valence electrons. The van der Waals surface area contributed by atoms with Crippen molar-refractivity contribution in [2.24, 2.45) is 10.9 Å². The van der Waals surface area contributed by atoms with Crippen LogP contribution in [0, 0.1) is 12.8 Å². The van der Waals surface area contributed by atoms with E-state index < -0.39 is 0 Å². The Morgan fingerprint density at radius 2 is 2.06 bits per heavy atom. The van der Waals surface area contributed by atoms with E-state index in [1.54, 1.807) is 11.3 Å². The first-order valence-corrected chi connectivity index (χ1v) is 11.5. The Morgan fingerprint density at radius 3 is 2.81 bits per heavy atom. The molecule has 1 aliphatic heterocycles. The molecule has 1 aliphatic rings. The summed E-state index contributed by atoms with van der Waals surface area (Å²) in [4.78, 5) is 11.8. The summed E-state index contributed by atoms with van der Waals surface area (Å²) < 4.78 is 1.98. The molecule has 4 rings (SSSR count). The van der Waals surface area contributed by atoms with Crippen molar-refractivity contribution in [3.8, 4) is 0 Å². The Labute approximate surface area is 204 Å². The molecule has 3 aromatic rings. The number of halogens is 1. The minimum Gasteiger partial charge on any atom is -0.357 e. The lowest BCUT2D eigenvalue weighted by atomic mass is 9.97. The lowest BCUT2D eigenvalue weighted by Crippen LogP contribution is -2.42. The van der Waals surface area contributed by atoms with E-state index in [9.17, 15) is 0 Å². The molecular formula is C21H31IN8S. The van der Waals surface area contributed by atoms with Crippen LogP contribution in [0.1, 0.15) is 36.3 Å². The minimum absolute atomic E-state index is 0. The Morgan fingerprint density at radius 1 is 1.23 bits per heavy atom. The number of guanidine groups is 1. The molecular weight excluding hydrogens is 523 g/mol. The van der Waals surface area contributed by atoms with E-state index in [4.69, 9.17) is 4.99 Å². The number of nitrogens with one attached hydrogen (secondary N) is 2. The highest BCUT2D eigenvalue weighted by Crippen LogP contribution is 2.19. The van der Waals surface area contributed by atoms with Gasteiger partial charge >= 0.3 is 0 Å². The van der Waals surface area contributed by atoms with Gasteiger partial charge in [-0.05, 0) is 57.8 Å². The molecule has 0 aromatic carbocycles. The van der Waals surface area contributed by atoms with Crippen LogP contribution in [0.4, 0.5) is 0 Å². The van der Waals surface area contributed by atoms with Gasteiger partial charge < -0.3 is 10.6 Å². The number of thiazole rings is 1. The fourth-order valence-corrected chi connectivity index (χ4v) is 4.39. The van der Waals surface area contributed by atoms with Gasteiger partial charge in [-0.1, -0.05) is 6.07 Å². The van der Waals surface area contributed by atoms with E-state index in [0.717, 1.165) is 55.2 Å². The Bertz CT molecular complexity index is 977. The monoisotopic (exact) mass is 554 g/mol. The van der Waals surface area contributed by atoms with E-state index in [2.05, 4.69) is 49.9 Å². The average molecular weight is 555 g/mol. The summed E-state index contributed by atoms with van der Waals surface area (Å²) >= 11 is 1.74. The molecule has 31 heavy (non-hydrogen) atoms. The topological polar surface area (TPSA) is 82.7 Å². The van der Waals surface area contributed by atoms with Crippen molar-refractivity contribution < 1.29 is 0 Å². The number of piperidine rings is 1. The fraction of sp³-hybridized carbons (Fsp3) is 0.524. The van der Waals surface area contributed by atoms with Crippen LogP contribution in [0.2, 0.25) is 0 Å². The number of likely N-dealkylation sites (tertiary alicyclic amines) is 1. The first-order chi connectivity index (χ1) is 14.7. The summed E-state index contributed by atoms with van der Waals surface area (Å²) in [6.45, 7) is 9.65. The highest BCUT2D eigenvalue weighted by Gasteiger charge is 2.20. The van der Waals surface area contributed by atoms with Gasteiger partial charge in [0.05, 0.1) is 10.7 Å². The molecule has 0 unspecified atom stereocenters. The summed E-state index contributed by atoms with van der Waals surface area (Å²) in [7, 11) is 0. The molecule has 0 radical (unpaired) electrons. The van der Waals surface area contributed by atoms with Crippen molar-refractivity contribution in [3.05, 3.63) is 46.3 Å². The fourth-order valence-electron chi connectivity index (χ4n) is 3.79. The maximum absolute atomic E-state index is 4.72. The van der Waals surface area contributed by atoms with Crippen LogP contribution in [0.25, 0.3) is 5.65 Å². The van der Waals surface area contributed by atoms with Gasteiger partial charge in [-0.25, -0.2) is 9.98 Å². The minimum atomic E-state index is 0. The van der Waals surface area contributed by atoms with Crippen molar-refractivity contribution in [2.75, 3.05) is 26.2 Å². The Balaban J connectivity index is 0.00000272. The SMILES string of the molecule is CCNC(=NCc1nnc2ccccn12)NCC1CCN(Cc2csc(C)n2)CC1.I. The highest BCUT2D eigenvalue weighted by atomic mass is 127. The first kappa shape index (κ1) is 23.9. The zero-order valence-electron chi connectivity index (χ0n) is 18.1. The number of nitrogens with zero attached hydrogens (tertiary/aromatic N) is 6. The number of fused-ring (bicyclic) bond motifs is 1. The largest absolute Gasteiger partial charge is 0.357 e. The molecule has 0 saturated carbocycles. The molecule has 0 aliphatic carbocycles. The van der Waals surface area contributed by atoms with Crippen LogP contribution in [-0.2, 0) is 13.1 Å². The zero-order chi connectivity index (χ0) is 20.8. The van der Waals surface area contributed by atoms with Crippen molar-refractivity contribution >= 4 is 46.9 Å². The number of pyridine rings is 1. The van der Waals surface area contributed by atoms with Crippen molar-refractivity contribution in [2.45, 2.75) is 39.8 Å². The van der Waals surface area contributed by atoms with E-state index in [0.29, 0.717) is 12.5 Å². The standard InChI is InChI=1S/C21H30N8S.HI/c1-3-22-21(24-13-20-27-26-19-6-4-5-9-29(19)20)23-12-17-7-10-28(11-8-17)14-18-15-30-16(2)25-18;/h4-6,9,15,17H,3,7-8,10-14H2,1-2H3,(H2,22,23,24);1H. The lowest BCUT2D eigenvalue weighted by Gasteiger charge is -2.31. The van der Waals surface area contributed by atoms with Crippen LogP contribution in [0.15, 0.2) is 34.8 Å². The van der Waals surface area contributed by atoms with E-state index >= 15 is 0 Å². The van der Waals surface area contributed by atoms with Gasteiger partial charge in [-0.15, -0.1) is 45.5 Å². The molecule has 3 aromatic heterocycles. The molecule has 4 heterocycles. The maximum atomic E-state index is 4.72. The molecule has 1 fully saturated rings.